The van der Waals surface area contributed by atoms with Crippen LogP contribution in [0.4, 0.5) is 0 Å². The molecule has 2 N–H and O–H groups in total. The van der Waals surface area contributed by atoms with E-state index in [4.69, 9.17) is 5.11 Å². The number of thiazole rings is 1. The van der Waals surface area contributed by atoms with Crippen LogP contribution in [-0.4, -0.2) is 31.0 Å². The molecular formula is C12H11BrN2O4S2. The molecule has 0 unspecified atom stereocenters. The van der Waals surface area contributed by atoms with E-state index in [9.17, 15) is 13.2 Å². The third-order valence-corrected chi connectivity index (χ3v) is 5.44. The zero-order valence-electron chi connectivity index (χ0n) is 10.6. The average Bonchev–Trinajstić information content (AvgIpc) is 2.88. The van der Waals surface area contributed by atoms with Crippen LogP contribution in [0.25, 0.3) is 0 Å². The molecule has 0 spiro atoms. The summed E-state index contributed by atoms with van der Waals surface area (Å²) in [5.74, 6) is -1.09. The van der Waals surface area contributed by atoms with Crippen molar-refractivity contribution in [3.05, 3.63) is 44.8 Å². The third kappa shape index (κ3) is 4.34. The summed E-state index contributed by atoms with van der Waals surface area (Å²) in [6.07, 6.45) is 0.341. The fourth-order valence-corrected chi connectivity index (χ4v) is 3.58. The van der Waals surface area contributed by atoms with Crippen molar-refractivity contribution in [1.82, 2.24) is 9.71 Å². The largest absolute Gasteiger partial charge is 0.476 e. The molecule has 0 radical (unpaired) electrons. The summed E-state index contributed by atoms with van der Waals surface area (Å²) >= 11 is 4.43. The van der Waals surface area contributed by atoms with Gasteiger partial charge in [0.25, 0.3) is 0 Å². The Balaban J connectivity index is 1.95. The monoisotopic (exact) mass is 390 g/mol. The predicted molar refractivity (Wildman–Crippen MR) is 82.1 cm³/mol. The number of aromatic carboxylic acids is 1. The molecule has 21 heavy (non-hydrogen) atoms. The van der Waals surface area contributed by atoms with Crippen LogP contribution >= 0.6 is 27.3 Å². The predicted octanol–water partition coefficient (Wildman–Crippen LogP) is 2.12. The Morgan fingerprint density at radius 2 is 2.00 bits per heavy atom. The van der Waals surface area contributed by atoms with Crippen molar-refractivity contribution in [2.45, 2.75) is 11.3 Å². The number of hydrogen-bond acceptors (Lipinski definition) is 5. The number of hydrogen-bond donors (Lipinski definition) is 2. The minimum absolute atomic E-state index is 0.0224. The van der Waals surface area contributed by atoms with Crippen LogP contribution in [0.2, 0.25) is 0 Å². The molecule has 2 rings (SSSR count). The van der Waals surface area contributed by atoms with Crippen LogP contribution < -0.4 is 4.72 Å². The first-order valence-electron chi connectivity index (χ1n) is 5.81. The lowest BCUT2D eigenvalue weighted by atomic mass is 10.4. The maximum absolute atomic E-state index is 12.0. The Morgan fingerprint density at radius 3 is 2.57 bits per heavy atom. The Hall–Kier alpha value is -1.29. The van der Waals surface area contributed by atoms with Crippen LogP contribution in [0.1, 0.15) is 15.5 Å². The highest BCUT2D eigenvalue weighted by Crippen LogP contribution is 2.15. The highest BCUT2D eigenvalue weighted by molar-refractivity contribution is 9.10. The van der Waals surface area contributed by atoms with Gasteiger partial charge in [-0.05, 0) is 24.3 Å². The van der Waals surface area contributed by atoms with Gasteiger partial charge in [-0.2, -0.15) is 0 Å². The van der Waals surface area contributed by atoms with Gasteiger partial charge in [-0.1, -0.05) is 15.9 Å². The topological polar surface area (TPSA) is 96.4 Å². The van der Waals surface area contributed by atoms with E-state index in [1.54, 1.807) is 12.1 Å². The summed E-state index contributed by atoms with van der Waals surface area (Å²) in [4.78, 5) is 14.8. The van der Waals surface area contributed by atoms with Crippen LogP contribution in [0, 0.1) is 0 Å². The van der Waals surface area contributed by atoms with Gasteiger partial charge in [-0.25, -0.2) is 22.9 Å². The minimum Gasteiger partial charge on any atom is -0.476 e. The van der Waals surface area contributed by atoms with Gasteiger partial charge in [-0.15, -0.1) is 11.3 Å². The molecule has 0 saturated carbocycles. The summed E-state index contributed by atoms with van der Waals surface area (Å²) in [5, 5.41) is 10.8. The van der Waals surface area contributed by atoms with E-state index < -0.39 is 16.0 Å². The fraction of sp³-hybridized carbons (Fsp3) is 0.167. The summed E-state index contributed by atoms with van der Waals surface area (Å²) in [6, 6.07) is 6.29. The lowest BCUT2D eigenvalue weighted by Crippen LogP contribution is -2.25. The molecular weight excluding hydrogens is 380 g/mol. The van der Waals surface area contributed by atoms with Crippen molar-refractivity contribution in [2.75, 3.05) is 6.54 Å². The van der Waals surface area contributed by atoms with Crippen molar-refractivity contribution in [2.24, 2.45) is 0 Å². The van der Waals surface area contributed by atoms with Gasteiger partial charge < -0.3 is 5.11 Å². The van der Waals surface area contributed by atoms with E-state index in [0.29, 0.717) is 11.4 Å². The molecule has 112 valence electrons. The van der Waals surface area contributed by atoms with Crippen LogP contribution in [-0.2, 0) is 16.4 Å². The van der Waals surface area contributed by atoms with Gasteiger partial charge in [-0.3, -0.25) is 0 Å². The Morgan fingerprint density at radius 1 is 1.33 bits per heavy atom. The Bertz CT molecular complexity index is 741. The second kappa shape index (κ2) is 6.65. The number of carbonyl (C=O) groups is 1. The van der Waals surface area contributed by atoms with Gasteiger partial charge >= 0.3 is 5.97 Å². The second-order valence-electron chi connectivity index (χ2n) is 4.03. The van der Waals surface area contributed by atoms with Crippen molar-refractivity contribution in [3.63, 3.8) is 0 Å². The van der Waals surface area contributed by atoms with E-state index in [2.05, 4.69) is 25.6 Å². The normalized spacial score (nSPS) is 11.5. The first kappa shape index (κ1) is 16.1. The summed E-state index contributed by atoms with van der Waals surface area (Å²) in [5.41, 5.74) is -0.0224. The fourth-order valence-electron chi connectivity index (χ4n) is 1.51. The van der Waals surface area contributed by atoms with Crippen LogP contribution in [0.5, 0.6) is 0 Å². The van der Waals surface area contributed by atoms with Crippen molar-refractivity contribution >= 4 is 43.3 Å². The van der Waals surface area contributed by atoms with Crippen LogP contribution in [0.15, 0.2) is 39.0 Å². The molecule has 0 fully saturated rings. The maximum Gasteiger partial charge on any atom is 0.355 e. The Labute approximate surface area is 134 Å². The summed E-state index contributed by atoms with van der Waals surface area (Å²) in [6.45, 7) is 0.158. The second-order valence-corrected chi connectivity index (χ2v) is 7.66. The molecule has 0 aliphatic rings. The molecule has 0 atom stereocenters. The molecule has 0 aliphatic carbocycles. The first-order valence-corrected chi connectivity index (χ1v) is 8.97. The summed E-state index contributed by atoms with van der Waals surface area (Å²) in [7, 11) is -3.57. The first-order chi connectivity index (χ1) is 9.88. The lowest BCUT2D eigenvalue weighted by molar-refractivity contribution is 0.0691. The van der Waals surface area contributed by atoms with E-state index >= 15 is 0 Å². The number of benzene rings is 1. The number of nitrogens with zero attached hydrogens (tertiary/aromatic N) is 1. The quantitative estimate of drug-likeness (QED) is 0.787. The van der Waals surface area contributed by atoms with Crippen molar-refractivity contribution < 1.29 is 18.3 Å². The molecule has 1 aromatic heterocycles. The van der Waals surface area contributed by atoms with E-state index in [0.717, 1.165) is 4.47 Å². The molecule has 9 heteroatoms. The average molecular weight is 391 g/mol. The standard InChI is InChI=1S/C12H11BrN2O4S2/c13-8-1-3-9(4-2-8)21(18,19)14-6-5-11-15-10(7-20-11)12(16)17/h1-4,7,14H,5-6H2,(H,16,17). The molecule has 1 aromatic carbocycles. The van der Waals surface area contributed by atoms with Crippen molar-refractivity contribution in [1.29, 1.82) is 0 Å². The Kier molecular flexibility index (Phi) is 5.09. The van der Waals surface area contributed by atoms with Gasteiger partial charge in [0.05, 0.1) is 9.90 Å². The third-order valence-electron chi connectivity index (χ3n) is 2.53. The number of halogens is 1. The molecule has 0 amide bonds. The molecule has 6 nitrogen and oxygen atoms in total. The number of aromatic nitrogens is 1. The molecule has 0 bridgehead atoms. The van der Waals surface area contributed by atoms with Gasteiger partial charge in [0.2, 0.25) is 10.0 Å². The smallest absolute Gasteiger partial charge is 0.355 e. The molecule has 2 aromatic rings. The molecule has 0 saturated heterocycles. The van der Waals surface area contributed by atoms with E-state index in [-0.39, 0.29) is 17.1 Å². The zero-order chi connectivity index (χ0) is 15.5. The summed E-state index contributed by atoms with van der Waals surface area (Å²) < 4.78 is 27.3. The van der Waals surface area contributed by atoms with Gasteiger partial charge in [0.15, 0.2) is 5.69 Å². The van der Waals surface area contributed by atoms with Crippen LogP contribution in [0.3, 0.4) is 0 Å². The SMILES string of the molecule is O=C(O)c1csc(CCNS(=O)(=O)c2ccc(Br)cc2)n1. The number of sulfonamides is 1. The number of rotatable bonds is 6. The maximum atomic E-state index is 12.0. The van der Waals surface area contributed by atoms with E-state index in [1.165, 1.54) is 28.8 Å². The minimum atomic E-state index is -3.57. The zero-order valence-corrected chi connectivity index (χ0v) is 13.8. The van der Waals surface area contributed by atoms with Gasteiger partial charge in [0.1, 0.15) is 0 Å². The lowest BCUT2D eigenvalue weighted by Gasteiger charge is -2.05. The number of nitrogens with one attached hydrogen (secondary N) is 1. The van der Waals surface area contributed by atoms with Gasteiger partial charge in [0, 0.05) is 22.8 Å². The number of carboxylic acids is 1. The number of carboxylic acid groups (broad SMARTS) is 1. The molecule has 0 aliphatic heterocycles. The highest BCUT2D eigenvalue weighted by Gasteiger charge is 2.14. The van der Waals surface area contributed by atoms with E-state index in [1.807, 2.05) is 0 Å². The molecule has 1 heterocycles. The highest BCUT2D eigenvalue weighted by atomic mass is 79.9. The van der Waals surface area contributed by atoms with Crippen molar-refractivity contribution in [3.8, 4) is 0 Å².